The molecule has 0 aliphatic carbocycles. The van der Waals surface area contributed by atoms with Crippen LogP contribution in [0, 0.1) is 0 Å². The van der Waals surface area contributed by atoms with Gasteiger partial charge in [-0.15, -0.1) is 0 Å². The summed E-state index contributed by atoms with van der Waals surface area (Å²) in [6.07, 6.45) is 1.05. The lowest BCUT2D eigenvalue weighted by molar-refractivity contribution is -0.187. The van der Waals surface area contributed by atoms with E-state index in [0.717, 1.165) is 0 Å². The zero-order valence-electron chi connectivity index (χ0n) is 16.1. The van der Waals surface area contributed by atoms with E-state index in [9.17, 15) is 9.59 Å². The topological polar surface area (TPSA) is 77.1 Å². The van der Waals surface area contributed by atoms with Crippen molar-refractivity contribution < 1.29 is 23.8 Å². The van der Waals surface area contributed by atoms with Gasteiger partial charge in [0.1, 0.15) is 12.2 Å². The molecule has 29 heavy (non-hydrogen) atoms. The number of carbonyl (C=O) groups is 2. The lowest BCUT2D eigenvalue weighted by atomic mass is 10.0. The Balaban J connectivity index is 1.32. The Bertz CT molecular complexity index is 855. The number of likely N-dealkylation sites (tertiary alicyclic amines) is 1. The maximum atomic E-state index is 12.5. The molecule has 152 valence electrons. The lowest BCUT2D eigenvalue weighted by Crippen LogP contribution is -2.47. The highest BCUT2D eigenvalue weighted by atomic mass is 16.7. The van der Waals surface area contributed by atoms with E-state index >= 15 is 0 Å². The number of anilines is 1. The molecule has 0 atom stereocenters. The number of para-hydroxylation sites is 3. The first-order valence-corrected chi connectivity index (χ1v) is 9.81. The Morgan fingerprint density at radius 2 is 1.62 bits per heavy atom. The Kier molecular flexibility index (Phi) is 5.78. The minimum atomic E-state index is -0.535. The van der Waals surface area contributed by atoms with Crippen LogP contribution in [-0.4, -0.2) is 48.8 Å². The van der Waals surface area contributed by atoms with Gasteiger partial charge in [0.25, 0.3) is 0 Å². The molecule has 2 aromatic rings. The predicted molar refractivity (Wildman–Crippen MR) is 107 cm³/mol. The molecule has 2 aliphatic heterocycles. The number of carbonyl (C=O) groups excluding carboxylic acids is 2. The van der Waals surface area contributed by atoms with Crippen LogP contribution in [0.3, 0.4) is 0 Å². The SMILES string of the molecule is O=C(CC(=O)N1CCC2(CC1)OCCO2)Nc1ccccc1Oc1ccccc1. The van der Waals surface area contributed by atoms with Gasteiger partial charge in [-0.2, -0.15) is 0 Å². The number of piperidine rings is 1. The molecule has 0 saturated carbocycles. The van der Waals surface area contributed by atoms with Gasteiger partial charge >= 0.3 is 0 Å². The van der Waals surface area contributed by atoms with Gasteiger partial charge in [0.05, 0.1) is 18.9 Å². The Morgan fingerprint density at radius 1 is 0.966 bits per heavy atom. The molecular formula is C22H24N2O5. The predicted octanol–water partition coefficient (Wildman–Crippen LogP) is 3.17. The second-order valence-electron chi connectivity index (χ2n) is 7.12. The molecule has 0 aromatic heterocycles. The Morgan fingerprint density at radius 3 is 2.34 bits per heavy atom. The van der Waals surface area contributed by atoms with Crippen LogP contribution in [0.25, 0.3) is 0 Å². The molecule has 0 unspecified atom stereocenters. The number of hydrogen-bond donors (Lipinski definition) is 1. The van der Waals surface area contributed by atoms with Crippen LogP contribution >= 0.6 is 0 Å². The van der Waals surface area contributed by atoms with E-state index in [2.05, 4.69) is 5.32 Å². The molecule has 2 amide bonds. The minimum absolute atomic E-state index is 0.197. The summed E-state index contributed by atoms with van der Waals surface area (Å²) in [5, 5.41) is 2.79. The summed E-state index contributed by atoms with van der Waals surface area (Å²) in [4.78, 5) is 26.7. The number of rotatable bonds is 5. The summed E-state index contributed by atoms with van der Waals surface area (Å²) < 4.78 is 17.2. The molecule has 2 aliphatic rings. The molecule has 2 heterocycles. The van der Waals surface area contributed by atoms with E-state index in [0.29, 0.717) is 56.3 Å². The van der Waals surface area contributed by atoms with E-state index in [1.54, 1.807) is 23.1 Å². The number of nitrogens with one attached hydrogen (secondary N) is 1. The highest BCUT2D eigenvalue weighted by Crippen LogP contribution is 2.32. The van der Waals surface area contributed by atoms with E-state index < -0.39 is 5.79 Å². The molecule has 7 nitrogen and oxygen atoms in total. The molecule has 1 N–H and O–H groups in total. The average molecular weight is 396 g/mol. The summed E-state index contributed by atoms with van der Waals surface area (Å²) in [6, 6.07) is 16.5. The summed E-state index contributed by atoms with van der Waals surface area (Å²) >= 11 is 0. The standard InChI is InChI=1S/C22H24N2O5/c25-20(16-21(26)24-12-10-22(11-13-24)27-14-15-28-22)23-18-8-4-5-9-19(18)29-17-6-2-1-3-7-17/h1-9H,10-16H2,(H,23,25). The fraction of sp³-hybridized carbons (Fsp3) is 0.364. The maximum absolute atomic E-state index is 12.5. The second kappa shape index (κ2) is 8.63. The van der Waals surface area contributed by atoms with Crippen molar-refractivity contribution in [3.8, 4) is 11.5 Å². The third kappa shape index (κ3) is 4.75. The van der Waals surface area contributed by atoms with Gasteiger partial charge in [-0.1, -0.05) is 30.3 Å². The first-order valence-electron chi connectivity index (χ1n) is 9.81. The summed E-state index contributed by atoms with van der Waals surface area (Å²) in [7, 11) is 0. The smallest absolute Gasteiger partial charge is 0.233 e. The van der Waals surface area contributed by atoms with E-state index in [1.165, 1.54) is 0 Å². The first-order chi connectivity index (χ1) is 14.1. The quantitative estimate of drug-likeness (QED) is 0.786. The van der Waals surface area contributed by atoms with Gasteiger partial charge < -0.3 is 24.4 Å². The molecular weight excluding hydrogens is 372 g/mol. The van der Waals surface area contributed by atoms with Crippen molar-refractivity contribution in [2.24, 2.45) is 0 Å². The van der Waals surface area contributed by atoms with E-state index in [-0.39, 0.29) is 18.2 Å². The molecule has 2 saturated heterocycles. The summed E-state index contributed by atoms with van der Waals surface area (Å²) in [5.74, 6) is 0.0932. The summed E-state index contributed by atoms with van der Waals surface area (Å²) in [5.41, 5.74) is 0.527. The Labute approximate surface area is 169 Å². The summed E-state index contributed by atoms with van der Waals surface area (Å²) in [6.45, 7) is 2.25. The second-order valence-corrected chi connectivity index (χ2v) is 7.12. The van der Waals surface area contributed by atoms with Crippen molar-refractivity contribution in [3.63, 3.8) is 0 Å². The third-order valence-corrected chi connectivity index (χ3v) is 5.14. The molecule has 2 fully saturated rings. The van der Waals surface area contributed by atoms with Crippen LogP contribution in [-0.2, 0) is 19.1 Å². The van der Waals surface area contributed by atoms with Crippen LogP contribution in [0.2, 0.25) is 0 Å². The largest absolute Gasteiger partial charge is 0.455 e. The number of amides is 2. The number of benzene rings is 2. The molecule has 1 spiro atoms. The van der Waals surface area contributed by atoms with Gasteiger partial charge in [0, 0.05) is 25.9 Å². The van der Waals surface area contributed by atoms with Crippen LogP contribution in [0.5, 0.6) is 11.5 Å². The first kappa shape index (κ1) is 19.4. The van der Waals surface area contributed by atoms with Crippen LogP contribution in [0.1, 0.15) is 19.3 Å². The van der Waals surface area contributed by atoms with Crippen LogP contribution in [0.4, 0.5) is 5.69 Å². The highest BCUT2D eigenvalue weighted by molar-refractivity contribution is 6.04. The van der Waals surface area contributed by atoms with Gasteiger partial charge in [-0.05, 0) is 24.3 Å². The van der Waals surface area contributed by atoms with Crippen molar-refractivity contribution in [3.05, 3.63) is 54.6 Å². The minimum Gasteiger partial charge on any atom is -0.455 e. The van der Waals surface area contributed by atoms with Crippen LogP contribution in [0.15, 0.2) is 54.6 Å². The highest BCUT2D eigenvalue weighted by Gasteiger charge is 2.40. The van der Waals surface area contributed by atoms with Crippen molar-refractivity contribution in [1.29, 1.82) is 0 Å². The van der Waals surface area contributed by atoms with Gasteiger partial charge in [0.2, 0.25) is 11.8 Å². The molecule has 4 rings (SSSR count). The van der Waals surface area contributed by atoms with E-state index in [1.807, 2.05) is 36.4 Å². The molecule has 0 bridgehead atoms. The zero-order chi connectivity index (χ0) is 20.1. The van der Waals surface area contributed by atoms with Crippen molar-refractivity contribution >= 4 is 17.5 Å². The number of ether oxygens (including phenoxy) is 3. The normalized spacial score (nSPS) is 17.9. The van der Waals surface area contributed by atoms with Crippen molar-refractivity contribution in [2.45, 2.75) is 25.0 Å². The fourth-order valence-corrected chi connectivity index (χ4v) is 3.60. The van der Waals surface area contributed by atoms with Crippen molar-refractivity contribution in [1.82, 2.24) is 4.90 Å². The van der Waals surface area contributed by atoms with Crippen molar-refractivity contribution in [2.75, 3.05) is 31.6 Å². The Hall–Kier alpha value is -2.90. The molecule has 7 heteroatoms. The fourth-order valence-electron chi connectivity index (χ4n) is 3.60. The molecule has 0 radical (unpaired) electrons. The maximum Gasteiger partial charge on any atom is 0.233 e. The van der Waals surface area contributed by atoms with Gasteiger partial charge in [-0.25, -0.2) is 0 Å². The number of hydrogen-bond acceptors (Lipinski definition) is 5. The van der Waals surface area contributed by atoms with Crippen LogP contribution < -0.4 is 10.1 Å². The monoisotopic (exact) mass is 396 g/mol. The van der Waals surface area contributed by atoms with Gasteiger partial charge in [0.15, 0.2) is 11.5 Å². The third-order valence-electron chi connectivity index (χ3n) is 5.14. The van der Waals surface area contributed by atoms with E-state index in [4.69, 9.17) is 14.2 Å². The van der Waals surface area contributed by atoms with Gasteiger partial charge in [-0.3, -0.25) is 9.59 Å². The lowest BCUT2D eigenvalue weighted by Gasteiger charge is -2.37. The molecule has 2 aromatic carbocycles. The average Bonchev–Trinajstić information content (AvgIpc) is 3.18. The number of nitrogens with zero attached hydrogens (tertiary/aromatic N) is 1. The zero-order valence-corrected chi connectivity index (χ0v) is 16.1.